The molecule has 0 saturated heterocycles. The predicted octanol–water partition coefficient (Wildman–Crippen LogP) is 1.05. The van der Waals surface area contributed by atoms with Crippen LogP contribution in [-0.4, -0.2) is 6.18 Å². The highest BCUT2D eigenvalue weighted by Gasteiger charge is 2.32. The molecule has 0 aromatic rings. The number of hydrazine groups is 1. The highest BCUT2D eigenvalue weighted by atomic mass is 19.4. The molecule has 0 atom stereocenters. The Hall–Kier alpha value is -1.13. The number of nitrogens with one attached hydrogen (secondary N) is 2. The molecule has 0 aromatic carbocycles. The Labute approximate surface area is 55.4 Å². The van der Waals surface area contributed by atoms with Gasteiger partial charge in [-0.25, -0.2) is 0 Å². The summed E-state index contributed by atoms with van der Waals surface area (Å²) in [7, 11) is 0. The molecule has 0 fully saturated rings. The highest BCUT2D eigenvalue weighted by Crippen LogP contribution is 2.26. The van der Waals surface area contributed by atoms with Gasteiger partial charge in [-0.05, 0) is 6.08 Å². The third-order valence-corrected chi connectivity index (χ3v) is 0.985. The van der Waals surface area contributed by atoms with Crippen LogP contribution >= 0.6 is 0 Å². The van der Waals surface area contributed by atoms with E-state index >= 15 is 0 Å². The fraction of sp³-hybridized carbons (Fsp3) is 0.200. The third kappa shape index (κ3) is 1.43. The second-order valence-electron chi connectivity index (χ2n) is 1.72. The van der Waals surface area contributed by atoms with Gasteiger partial charge < -0.3 is 10.9 Å². The van der Waals surface area contributed by atoms with Gasteiger partial charge in [0.05, 0.1) is 5.57 Å². The maximum absolute atomic E-state index is 11.8. The minimum atomic E-state index is -4.26. The van der Waals surface area contributed by atoms with Crippen molar-refractivity contribution in [1.82, 2.24) is 10.9 Å². The van der Waals surface area contributed by atoms with Gasteiger partial charge in [-0.1, -0.05) is 0 Å². The van der Waals surface area contributed by atoms with Crippen LogP contribution in [0.2, 0.25) is 0 Å². The zero-order chi connectivity index (χ0) is 7.61. The normalized spacial score (nSPS) is 17.3. The van der Waals surface area contributed by atoms with Gasteiger partial charge in [0.1, 0.15) is 0 Å². The second-order valence-corrected chi connectivity index (χ2v) is 1.72. The molecular weight excluding hydrogens is 145 g/mol. The van der Waals surface area contributed by atoms with E-state index in [0.29, 0.717) is 0 Å². The zero-order valence-corrected chi connectivity index (χ0v) is 4.87. The van der Waals surface area contributed by atoms with Crippen molar-refractivity contribution in [3.05, 3.63) is 24.0 Å². The molecule has 0 aromatic heterocycles. The Balaban J connectivity index is 2.73. The van der Waals surface area contributed by atoms with Crippen molar-refractivity contribution in [2.24, 2.45) is 0 Å². The van der Waals surface area contributed by atoms with E-state index in [1.54, 1.807) is 0 Å². The molecule has 56 valence electrons. The molecule has 0 amide bonds. The number of hydrogen-bond donors (Lipinski definition) is 2. The van der Waals surface area contributed by atoms with Crippen LogP contribution in [0.5, 0.6) is 0 Å². The Morgan fingerprint density at radius 1 is 1.20 bits per heavy atom. The first-order valence-electron chi connectivity index (χ1n) is 2.55. The van der Waals surface area contributed by atoms with E-state index in [-0.39, 0.29) is 0 Å². The second kappa shape index (κ2) is 2.24. The van der Waals surface area contributed by atoms with Crippen molar-refractivity contribution in [2.75, 3.05) is 0 Å². The van der Waals surface area contributed by atoms with Gasteiger partial charge in [0, 0.05) is 12.4 Å². The Morgan fingerprint density at radius 3 is 2.20 bits per heavy atom. The summed E-state index contributed by atoms with van der Waals surface area (Å²) >= 11 is 0. The lowest BCUT2D eigenvalue weighted by atomic mass is 10.2. The molecule has 2 nitrogen and oxygen atoms in total. The SMILES string of the molecule is FC(F)(F)C1=CNNC=C1. The van der Waals surface area contributed by atoms with Crippen LogP contribution in [0, 0.1) is 0 Å². The number of rotatable bonds is 0. The van der Waals surface area contributed by atoms with Crippen molar-refractivity contribution in [3.63, 3.8) is 0 Å². The molecule has 0 radical (unpaired) electrons. The summed E-state index contributed by atoms with van der Waals surface area (Å²) in [6.07, 6.45) is -1.26. The topological polar surface area (TPSA) is 24.1 Å². The maximum Gasteiger partial charge on any atom is 0.417 e. The molecule has 2 N–H and O–H groups in total. The quantitative estimate of drug-likeness (QED) is 0.539. The molecular formula is C5H5F3N2. The van der Waals surface area contributed by atoms with Crippen LogP contribution in [0.15, 0.2) is 24.0 Å². The first-order valence-corrected chi connectivity index (χ1v) is 2.55. The minimum absolute atomic E-state index is 0.689. The van der Waals surface area contributed by atoms with Crippen molar-refractivity contribution >= 4 is 0 Å². The summed E-state index contributed by atoms with van der Waals surface area (Å²) < 4.78 is 35.3. The summed E-state index contributed by atoms with van der Waals surface area (Å²) in [6, 6.07) is 0. The lowest BCUT2D eigenvalue weighted by Gasteiger charge is -2.12. The molecule has 0 bridgehead atoms. The van der Waals surface area contributed by atoms with E-state index in [4.69, 9.17) is 0 Å². The molecule has 1 aliphatic heterocycles. The van der Waals surface area contributed by atoms with Crippen molar-refractivity contribution in [1.29, 1.82) is 0 Å². The lowest BCUT2D eigenvalue weighted by Crippen LogP contribution is -2.27. The number of hydrogen-bond acceptors (Lipinski definition) is 2. The molecule has 1 rings (SSSR count). The highest BCUT2D eigenvalue weighted by molar-refractivity contribution is 5.24. The largest absolute Gasteiger partial charge is 0.417 e. The van der Waals surface area contributed by atoms with Gasteiger partial charge in [-0.2, -0.15) is 13.2 Å². The number of allylic oxidation sites excluding steroid dienone is 2. The molecule has 5 heteroatoms. The van der Waals surface area contributed by atoms with Crippen molar-refractivity contribution < 1.29 is 13.2 Å². The molecule has 1 heterocycles. The third-order valence-electron chi connectivity index (χ3n) is 0.985. The van der Waals surface area contributed by atoms with E-state index in [2.05, 4.69) is 10.9 Å². The summed E-state index contributed by atoms with van der Waals surface area (Å²) in [5.41, 5.74) is 3.91. The monoisotopic (exact) mass is 150 g/mol. The fourth-order valence-electron chi connectivity index (χ4n) is 0.523. The Bertz CT molecular complexity index is 180. The molecule has 0 aliphatic carbocycles. The van der Waals surface area contributed by atoms with Gasteiger partial charge in [-0.3, -0.25) is 0 Å². The van der Waals surface area contributed by atoms with E-state index in [1.807, 2.05) is 0 Å². The molecule has 0 saturated carbocycles. The molecule has 0 spiro atoms. The number of halogens is 3. The van der Waals surface area contributed by atoms with Gasteiger partial charge in [0.2, 0.25) is 0 Å². The predicted molar refractivity (Wildman–Crippen MR) is 29.5 cm³/mol. The lowest BCUT2D eigenvalue weighted by molar-refractivity contribution is -0.0888. The van der Waals surface area contributed by atoms with Crippen LogP contribution in [0.1, 0.15) is 0 Å². The van der Waals surface area contributed by atoms with Crippen LogP contribution in [0.4, 0.5) is 13.2 Å². The van der Waals surface area contributed by atoms with Gasteiger partial charge in [0.25, 0.3) is 0 Å². The first-order chi connectivity index (χ1) is 4.61. The van der Waals surface area contributed by atoms with Crippen molar-refractivity contribution in [2.45, 2.75) is 6.18 Å². The Morgan fingerprint density at radius 2 is 1.90 bits per heavy atom. The van der Waals surface area contributed by atoms with E-state index in [1.165, 1.54) is 6.20 Å². The van der Waals surface area contributed by atoms with E-state index < -0.39 is 11.7 Å². The average Bonchev–Trinajstić information content (AvgIpc) is 1.88. The van der Waals surface area contributed by atoms with Gasteiger partial charge in [-0.15, -0.1) is 0 Å². The molecule has 10 heavy (non-hydrogen) atoms. The van der Waals surface area contributed by atoms with Crippen LogP contribution in [0.25, 0.3) is 0 Å². The van der Waals surface area contributed by atoms with Crippen LogP contribution in [0.3, 0.4) is 0 Å². The molecule has 1 aliphatic rings. The summed E-state index contributed by atoms with van der Waals surface area (Å²) in [5, 5.41) is 0. The smallest absolute Gasteiger partial charge is 0.309 e. The van der Waals surface area contributed by atoms with E-state index in [0.717, 1.165) is 12.3 Å². The van der Waals surface area contributed by atoms with Crippen LogP contribution in [-0.2, 0) is 0 Å². The summed E-state index contributed by atoms with van der Waals surface area (Å²) in [4.78, 5) is 0. The average molecular weight is 150 g/mol. The minimum Gasteiger partial charge on any atom is -0.309 e. The standard InChI is InChI=1S/C5H5F3N2/c6-5(7,8)4-1-2-9-10-3-4/h1-3,9-10H. The van der Waals surface area contributed by atoms with Crippen LogP contribution < -0.4 is 10.9 Å². The van der Waals surface area contributed by atoms with Crippen molar-refractivity contribution in [3.8, 4) is 0 Å². The molecule has 0 unspecified atom stereocenters. The summed E-state index contributed by atoms with van der Waals surface area (Å²) in [6.45, 7) is 0. The van der Waals surface area contributed by atoms with Gasteiger partial charge >= 0.3 is 6.18 Å². The first kappa shape index (κ1) is 6.98. The zero-order valence-electron chi connectivity index (χ0n) is 4.87. The van der Waals surface area contributed by atoms with Gasteiger partial charge in [0.15, 0.2) is 0 Å². The number of alkyl halides is 3. The fourth-order valence-corrected chi connectivity index (χ4v) is 0.523. The summed E-state index contributed by atoms with van der Waals surface area (Å²) in [5.74, 6) is 0. The maximum atomic E-state index is 11.8. The van der Waals surface area contributed by atoms with E-state index in [9.17, 15) is 13.2 Å². The Kier molecular flexibility index (Phi) is 1.57.